The number of ether oxygens (including phenoxy) is 1. The maximum atomic E-state index is 12.3. The van der Waals surface area contributed by atoms with Crippen molar-refractivity contribution >= 4 is 11.7 Å². The van der Waals surface area contributed by atoms with Gasteiger partial charge in [-0.3, -0.25) is 9.97 Å². The number of piperidine rings is 1. The van der Waals surface area contributed by atoms with E-state index >= 15 is 0 Å². The first kappa shape index (κ1) is 22.2. The number of carboxylic acids is 1. The van der Waals surface area contributed by atoms with Crippen LogP contribution >= 0.6 is 0 Å². The zero-order valence-electron chi connectivity index (χ0n) is 18.9. The number of hydrogen-bond acceptors (Lipinski definition) is 5. The first-order valence-corrected chi connectivity index (χ1v) is 10.5. The molecular weight excluding hydrogens is 378 g/mol. The minimum absolute atomic E-state index is 0.276. The summed E-state index contributed by atoms with van der Waals surface area (Å²) in [6, 6.07) is 5.75. The molecule has 0 saturated carbocycles. The van der Waals surface area contributed by atoms with E-state index in [1.807, 2.05) is 52.1 Å². The molecule has 1 N–H and O–H groups in total. The van der Waals surface area contributed by atoms with Crippen molar-refractivity contribution < 1.29 is 14.6 Å². The molecule has 1 aliphatic rings. The van der Waals surface area contributed by atoms with Crippen LogP contribution in [-0.2, 0) is 9.53 Å². The highest BCUT2D eigenvalue weighted by Gasteiger charge is 2.35. The fourth-order valence-electron chi connectivity index (χ4n) is 3.89. The highest BCUT2D eigenvalue weighted by Crippen LogP contribution is 2.42. The Morgan fingerprint density at radius 2 is 1.87 bits per heavy atom. The van der Waals surface area contributed by atoms with Crippen molar-refractivity contribution in [3.63, 3.8) is 0 Å². The van der Waals surface area contributed by atoms with Crippen LogP contribution in [-0.4, -0.2) is 39.7 Å². The van der Waals surface area contributed by atoms with Crippen LogP contribution in [0.5, 0.6) is 0 Å². The largest absolute Gasteiger partial charge is 0.479 e. The maximum absolute atomic E-state index is 12.3. The van der Waals surface area contributed by atoms with Crippen molar-refractivity contribution in [1.82, 2.24) is 9.97 Å². The van der Waals surface area contributed by atoms with E-state index in [4.69, 9.17) is 4.74 Å². The van der Waals surface area contributed by atoms with Gasteiger partial charge in [0.15, 0.2) is 6.10 Å². The van der Waals surface area contributed by atoms with Crippen molar-refractivity contribution in [1.29, 1.82) is 0 Å². The lowest BCUT2D eigenvalue weighted by Gasteiger charge is -2.40. The Morgan fingerprint density at radius 3 is 2.40 bits per heavy atom. The van der Waals surface area contributed by atoms with Crippen LogP contribution in [0.3, 0.4) is 0 Å². The van der Waals surface area contributed by atoms with Gasteiger partial charge in [0.1, 0.15) is 0 Å². The van der Waals surface area contributed by atoms with Gasteiger partial charge >= 0.3 is 5.97 Å². The minimum atomic E-state index is -1.11. The molecule has 3 rings (SSSR count). The van der Waals surface area contributed by atoms with Gasteiger partial charge in [0.05, 0.1) is 17.0 Å². The molecule has 6 heteroatoms. The van der Waals surface area contributed by atoms with Crippen LogP contribution in [0.1, 0.15) is 64.8 Å². The van der Waals surface area contributed by atoms with E-state index < -0.39 is 17.7 Å². The summed E-state index contributed by atoms with van der Waals surface area (Å²) in [4.78, 5) is 23.7. The monoisotopic (exact) mass is 411 g/mol. The molecule has 0 aromatic carbocycles. The molecule has 6 nitrogen and oxygen atoms in total. The fourth-order valence-corrected chi connectivity index (χ4v) is 3.89. The molecule has 2 aromatic heterocycles. The smallest absolute Gasteiger partial charge is 0.337 e. The van der Waals surface area contributed by atoms with Crippen molar-refractivity contribution in [3.8, 4) is 11.3 Å². The van der Waals surface area contributed by atoms with Gasteiger partial charge in [-0.25, -0.2) is 4.79 Å². The Bertz CT molecular complexity index is 894. The first-order valence-electron chi connectivity index (χ1n) is 10.5. The molecule has 30 heavy (non-hydrogen) atoms. The summed E-state index contributed by atoms with van der Waals surface area (Å²) in [5.41, 5.74) is 3.47. The third kappa shape index (κ3) is 4.98. The highest BCUT2D eigenvalue weighted by molar-refractivity contribution is 5.85. The second-order valence-corrected chi connectivity index (χ2v) is 9.83. The van der Waals surface area contributed by atoms with Crippen LogP contribution in [0.4, 0.5) is 5.69 Å². The lowest BCUT2D eigenvalue weighted by atomic mass is 9.82. The molecule has 0 amide bonds. The second kappa shape index (κ2) is 8.34. The summed E-state index contributed by atoms with van der Waals surface area (Å²) in [5.74, 6) is -1.01. The van der Waals surface area contributed by atoms with Gasteiger partial charge in [0, 0.05) is 42.3 Å². The Morgan fingerprint density at radius 1 is 1.20 bits per heavy atom. The molecule has 162 valence electrons. The lowest BCUT2D eigenvalue weighted by molar-refractivity contribution is -0.160. The van der Waals surface area contributed by atoms with E-state index in [1.54, 1.807) is 6.20 Å². The average molecular weight is 412 g/mol. The standard InChI is InChI=1S/C24H33N3O3/c1-16-19(21(22(28)29)30-23(2,3)4)20(27-13-10-24(5,6)11-14-27)17(15-26-16)18-9-7-8-12-25-18/h7-9,12,15,21H,10-11,13-14H2,1-6H3,(H,28,29)/t21-/m0/s1. The first-order chi connectivity index (χ1) is 14.0. The van der Waals surface area contributed by atoms with Gasteiger partial charge in [0.2, 0.25) is 0 Å². The van der Waals surface area contributed by atoms with E-state index in [0.29, 0.717) is 11.3 Å². The number of rotatable bonds is 5. The lowest BCUT2D eigenvalue weighted by Crippen LogP contribution is -2.39. The van der Waals surface area contributed by atoms with Gasteiger partial charge in [-0.1, -0.05) is 19.9 Å². The Balaban J connectivity index is 2.21. The zero-order valence-corrected chi connectivity index (χ0v) is 18.9. The minimum Gasteiger partial charge on any atom is -0.479 e. The number of carboxylic acid groups (broad SMARTS) is 1. The summed E-state index contributed by atoms with van der Waals surface area (Å²) >= 11 is 0. The predicted molar refractivity (Wildman–Crippen MR) is 119 cm³/mol. The molecule has 1 atom stereocenters. The van der Waals surface area contributed by atoms with E-state index in [2.05, 4.69) is 28.7 Å². The van der Waals surface area contributed by atoms with Crippen molar-refractivity contribution in [2.24, 2.45) is 5.41 Å². The molecule has 0 unspecified atom stereocenters. The Kier molecular flexibility index (Phi) is 6.18. The third-order valence-electron chi connectivity index (χ3n) is 5.62. The summed E-state index contributed by atoms with van der Waals surface area (Å²) in [5, 5.41) is 10.1. The number of nitrogens with zero attached hydrogens (tertiary/aromatic N) is 3. The molecular formula is C24H33N3O3. The van der Waals surface area contributed by atoms with Gasteiger partial charge in [0.25, 0.3) is 0 Å². The highest BCUT2D eigenvalue weighted by atomic mass is 16.5. The number of hydrogen-bond donors (Lipinski definition) is 1. The number of pyridine rings is 2. The molecule has 0 aliphatic carbocycles. The van der Waals surface area contributed by atoms with Crippen LogP contribution in [0.15, 0.2) is 30.6 Å². The number of aryl methyl sites for hydroxylation is 1. The maximum Gasteiger partial charge on any atom is 0.337 e. The Labute approximate surface area is 179 Å². The van der Waals surface area contributed by atoms with Crippen molar-refractivity contribution in [3.05, 3.63) is 41.9 Å². The van der Waals surface area contributed by atoms with Gasteiger partial charge < -0.3 is 14.7 Å². The average Bonchev–Trinajstić information content (AvgIpc) is 2.66. The van der Waals surface area contributed by atoms with Crippen LogP contribution < -0.4 is 4.90 Å². The van der Waals surface area contributed by atoms with Gasteiger partial charge in [-0.05, 0) is 58.1 Å². The molecule has 0 spiro atoms. The second-order valence-electron chi connectivity index (χ2n) is 9.83. The molecule has 2 aromatic rings. The van der Waals surface area contributed by atoms with Crippen LogP contribution in [0.2, 0.25) is 0 Å². The van der Waals surface area contributed by atoms with Crippen LogP contribution in [0, 0.1) is 12.3 Å². The number of aliphatic carboxylic acids is 1. The fraction of sp³-hybridized carbons (Fsp3) is 0.542. The van der Waals surface area contributed by atoms with Gasteiger partial charge in [-0.2, -0.15) is 0 Å². The Hall–Kier alpha value is -2.47. The predicted octanol–water partition coefficient (Wildman–Crippen LogP) is 5.02. The molecule has 3 heterocycles. The number of aromatic nitrogens is 2. The molecule has 0 radical (unpaired) electrons. The summed E-state index contributed by atoms with van der Waals surface area (Å²) in [6.45, 7) is 13.7. The number of anilines is 1. The summed E-state index contributed by atoms with van der Waals surface area (Å²) in [6.07, 6.45) is 4.52. The SMILES string of the molecule is Cc1ncc(-c2ccccn2)c(N2CCC(C)(C)CC2)c1[C@H](OC(C)(C)C)C(=O)O. The molecule has 1 saturated heterocycles. The molecule has 0 bridgehead atoms. The third-order valence-corrected chi connectivity index (χ3v) is 5.62. The normalized spacial score (nSPS) is 17.6. The summed E-state index contributed by atoms with van der Waals surface area (Å²) < 4.78 is 6.04. The zero-order chi connectivity index (χ0) is 22.1. The molecule has 1 fully saturated rings. The van der Waals surface area contributed by atoms with E-state index in [-0.39, 0.29) is 5.41 Å². The number of carbonyl (C=O) groups is 1. The quantitative estimate of drug-likeness (QED) is 0.745. The van der Waals surface area contributed by atoms with Crippen molar-refractivity contribution in [2.45, 2.75) is 66.1 Å². The van der Waals surface area contributed by atoms with Crippen molar-refractivity contribution in [2.75, 3.05) is 18.0 Å². The van der Waals surface area contributed by atoms with E-state index in [0.717, 1.165) is 42.9 Å². The van der Waals surface area contributed by atoms with E-state index in [1.165, 1.54) is 0 Å². The topological polar surface area (TPSA) is 75.5 Å². The van der Waals surface area contributed by atoms with Gasteiger partial charge in [-0.15, -0.1) is 0 Å². The van der Waals surface area contributed by atoms with Crippen LogP contribution in [0.25, 0.3) is 11.3 Å². The molecule has 1 aliphatic heterocycles. The summed E-state index contributed by atoms with van der Waals surface area (Å²) in [7, 11) is 0. The van der Waals surface area contributed by atoms with E-state index in [9.17, 15) is 9.90 Å².